The first-order valence-corrected chi connectivity index (χ1v) is 11.7. The summed E-state index contributed by atoms with van der Waals surface area (Å²) in [5, 5.41) is 9.40. The molecular weight excluding hydrogens is 510 g/mol. The van der Waals surface area contributed by atoms with Gasteiger partial charge in [0.25, 0.3) is 0 Å². The minimum absolute atomic E-state index is 0.160. The highest BCUT2D eigenvalue weighted by Gasteiger charge is 2.34. The summed E-state index contributed by atoms with van der Waals surface area (Å²) in [5.41, 5.74) is 1.06. The van der Waals surface area contributed by atoms with Gasteiger partial charge in [0, 0.05) is 21.5 Å². The lowest BCUT2D eigenvalue weighted by Gasteiger charge is -2.17. The summed E-state index contributed by atoms with van der Waals surface area (Å²) in [6, 6.07) is 14.2. The maximum Gasteiger partial charge on any atom is 0.242 e. The molecule has 0 saturated carbocycles. The SMILES string of the molecule is N#CN1CC(NS(=O)(=O)c2cc(Br)ccc2Br)CC1COCc1ccccc1. The van der Waals surface area contributed by atoms with Crippen LogP contribution in [0.25, 0.3) is 0 Å². The molecule has 1 heterocycles. The third-order valence-electron chi connectivity index (χ3n) is 4.47. The summed E-state index contributed by atoms with van der Waals surface area (Å²) in [4.78, 5) is 1.74. The minimum atomic E-state index is -3.72. The summed E-state index contributed by atoms with van der Waals surface area (Å²) in [7, 11) is -3.72. The Morgan fingerprint density at radius 1 is 1.21 bits per heavy atom. The first kappa shape index (κ1) is 21.3. The van der Waals surface area contributed by atoms with Crippen molar-refractivity contribution in [1.82, 2.24) is 9.62 Å². The molecule has 9 heteroatoms. The summed E-state index contributed by atoms with van der Waals surface area (Å²) in [6.07, 6.45) is 2.65. The fourth-order valence-corrected chi connectivity index (χ4v) is 5.88. The van der Waals surface area contributed by atoms with Crippen molar-refractivity contribution < 1.29 is 13.2 Å². The number of halogens is 2. The van der Waals surface area contributed by atoms with Gasteiger partial charge in [-0.3, -0.25) is 0 Å². The van der Waals surface area contributed by atoms with Crippen molar-refractivity contribution in [2.24, 2.45) is 0 Å². The molecule has 28 heavy (non-hydrogen) atoms. The standard InChI is InChI=1S/C19H19Br2N3O3S/c20-15-6-7-18(21)19(8-15)28(25,26)23-16-9-17(24(10-16)13-22)12-27-11-14-4-2-1-3-5-14/h1-8,16-17,23H,9-12H2. The predicted octanol–water partition coefficient (Wildman–Crippen LogP) is 3.63. The van der Waals surface area contributed by atoms with E-state index < -0.39 is 10.0 Å². The van der Waals surface area contributed by atoms with Gasteiger partial charge in [-0.15, -0.1) is 0 Å². The van der Waals surface area contributed by atoms with E-state index in [0.717, 1.165) is 5.56 Å². The Morgan fingerprint density at radius 2 is 1.96 bits per heavy atom. The van der Waals surface area contributed by atoms with E-state index in [4.69, 9.17) is 4.74 Å². The summed E-state index contributed by atoms with van der Waals surface area (Å²) in [5.74, 6) is 0. The molecule has 2 aromatic carbocycles. The molecule has 1 fully saturated rings. The van der Waals surface area contributed by atoms with Crippen molar-refractivity contribution in [3.63, 3.8) is 0 Å². The number of nitrogens with one attached hydrogen (secondary N) is 1. The molecule has 0 radical (unpaired) electrons. The zero-order valence-electron chi connectivity index (χ0n) is 14.9. The monoisotopic (exact) mass is 527 g/mol. The Labute approximate surface area is 181 Å². The number of rotatable bonds is 7. The molecule has 1 aliphatic rings. The zero-order chi connectivity index (χ0) is 20.1. The zero-order valence-corrected chi connectivity index (χ0v) is 18.9. The number of sulfonamides is 1. The number of hydrogen-bond donors (Lipinski definition) is 1. The van der Waals surface area contributed by atoms with Crippen molar-refractivity contribution in [2.45, 2.75) is 30.0 Å². The normalized spacial score (nSPS) is 19.5. The van der Waals surface area contributed by atoms with E-state index in [2.05, 4.69) is 42.8 Å². The van der Waals surface area contributed by atoms with Crippen molar-refractivity contribution >= 4 is 41.9 Å². The average molecular weight is 529 g/mol. The molecule has 1 saturated heterocycles. The Morgan fingerprint density at radius 3 is 2.68 bits per heavy atom. The highest BCUT2D eigenvalue weighted by Crippen LogP contribution is 2.27. The Kier molecular flexibility index (Phi) is 7.12. The highest BCUT2D eigenvalue weighted by molar-refractivity contribution is 9.11. The van der Waals surface area contributed by atoms with E-state index in [-0.39, 0.29) is 17.0 Å². The van der Waals surface area contributed by atoms with Crippen LogP contribution in [0.2, 0.25) is 0 Å². The van der Waals surface area contributed by atoms with Gasteiger partial charge in [0.2, 0.25) is 10.0 Å². The van der Waals surface area contributed by atoms with E-state index in [0.29, 0.717) is 35.1 Å². The molecule has 6 nitrogen and oxygen atoms in total. The van der Waals surface area contributed by atoms with Crippen LogP contribution in [-0.2, 0) is 21.4 Å². The first-order valence-electron chi connectivity index (χ1n) is 8.64. The maximum absolute atomic E-state index is 12.8. The van der Waals surface area contributed by atoms with Crippen LogP contribution in [0, 0.1) is 11.5 Å². The second-order valence-corrected chi connectivity index (χ2v) is 9.99. The fourth-order valence-electron chi connectivity index (χ4n) is 3.14. The van der Waals surface area contributed by atoms with Crippen LogP contribution in [0.3, 0.4) is 0 Å². The van der Waals surface area contributed by atoms with Gasteiger partial charge in [-0.25, -0.2) is 13.1 Å². The largest absolute Gasteiger partial charge is 0.375 e. The number of ether oxygens (including phenoxy) is 1. The van der Waals surface area contributed by atoms with Gasteiger partial charge >= 0.3 is 0 Å². The molecule has 1 aliphatic heterocycles. The summed E-state index contributed by atoms with van der Waals surface area (Å²) in [6.45, 7) is 1.14. The maximum atomic E-state index is 12.8. The average Bonchev–Trinajstić information content (AvgIpc) is 3.05. The Balaban J connectivity index is 1.61. The van der Waals surface area contributed by atoms with E-state index in [9.17, 15) is 13.7 Å². The molecular formula is C19H19Br2N3O3S. The highest BCUT2D eigenvalue weighted by atomic mass is 79.9. The Bertz CT molecular complexity index is 964. The van der Waals surface area contributed by atoms with Crippen molar-refractivity contribution in [2.75, 3.05) is 13.2 Å². The third-order valence-corrected chi connectivity index (χ3v) is 7.48. The van der Waals surface area contributed by atoms with Gasteiger partial charge in [-0.05, 0) is 46.1 Å². The van der Waals surface area contributed by atoms with Crippen LogP contribution in [-0.4, -0.2) is 38.6 Å². The Hall–Kier alpha value is -1.44. The van der Waals surface area contributed by atoms with E-state index in [1.54, 1.807) is 23.1 Å². The number of hydrogen-bond acceptors (Lipinski definition) is 5. The quantitative estimate of drug-likeness (QED) is 0.555. The molecule has 148 valence electrons. The van der Waals surface area contributed by atoms with Crippen molar-refractivity contribution in [3.8, 4) is 6.19 Å². The van der Waals surface area contributed by atoms with Gasteiger partial charge in [0.1, 0.15) is 0 Å². The number of likely N-dealkylation sites (tertiary alicyclic amines) is 1. The molecule has 2 aromatic rings. The van der Waals surface area contributed by atoms with Crippen LogP contribution < -0.4 is 4.72 Å². The fraction of sp³-hybridized carbons (Fsp3) is 0.316. The van der Waals surface area contributed by atoms with Crippen LogP contribution in [0.4, 0.5) is 0 Å². The number of benzene rings is 2. The third kappa shape index (κ3) is 5.33. The smallest absolute Gasteiger partial charge is 0.242 e. The minimum Gasteiger partial charge on any atom is -0.375 e. The van der Waals surface area contributed by atoms with Crippen molar-refractivity contribution in [1.29, 1.82) is 5.26 Å². The first-order chi connectivity index (χ1) is 13.4. The van der Waals surface area contributed by atoms with Crippen molar-refractivity contribution in [3.05, 3.63) is 63.0 Å². The summed E-state index contributed by atoms with van der Waals surface area (Å²) < 4.78 is 35.2. The van der Waals surface area contributed by atoms with Gasteiger partial charge in [0.15, 0.2) is 6.19 Å². The predicted molar refractivity (Wildman–Crippen MR) is 113 cm³/mol. The van der Waals surface area contributed by atoms with E-state index >= 15 is 0 Å². The molecule has 2 unspecified atom stereocenters. The molecule has 0 aliphatic carbocycles. The van der Waals surface area contributed by atoms with E-state index in [1.807, 2.05) is 30.3 Å². The van der Waals surface area contributed by atoms with Crippen LogP contribution in [0.1, 0.15) is 12.0 Å². The van der Waals surface area contributed by atoms with E-state index in [1.165, 1.54) is 0 Å². The lowest BCUT2D eigenvalue weighted by atomic mass is 10.2. The summed E-state index contributed by atoms with van der Waals surface area (Å²) >= 11 is 6.59. The molecule has 3 rings (SSSR count). The molecule has 0 amide bonds. The lowest BCUT2D eigenvalue weighted by Crippen LogP contribution is -2.36. The molecule has 0 bridgehead atoms. The topological polar surface area (TPSA) is 82.4 Å². The van der Waals surface area contributed by atoms with Gasteiger partial charge < -0.3 is 9.64 Å². The molecule has 0 aromatic heterocycles. The van der Waals surface area contributed by atoms with Crippen LogP contribution >= 0.6 is 31.9 Å². The molecule has 1 N–H and O–H groups in total. The van der Waals surface area contributed by atoms with Gasteiger partial charge in [-0.2, -0.15) is 5.26 Å². The molecule has 2 atom stereocenters. The second-order valence-electron chi connectivity index (χ2n) is 6.54. The number of nitriles is 1. The van der Waals surface area contributed by atoms with Gasteiger partial charge in [0.05, 0.1) is 24.2 Å². The lowest BCUT2D eigenvalue weighted by molar-refractivity contribution is 0.0820. The van der Waals surface area contributed by atoms with Crippen LogP contribution in [0.5, 0.6) is 0 Å². The molecule has 0 spiro atoms. The number of nitrogens with zero attached hydrogens (tertiary/aromatic N) is 2. The van der Waals surface area contributed by atoms with Gasteiger partial charge in [-0.1, -0.05) is 46.3 Å². The van der Waals surface area contributed by atoms with Crippen LogP contribution in [0.15, 0.2) is 62.4 Å². The second kappa shape index (κ2) is 9.37.